The minimum atomic E-state index is -3.95. The normalized spacial score (nSPS) is 18.2. The lowest BCUT2D eigenvalue weighted by Crippen LogP contribution is -2.50. The first kappa shape index (κ1) is 30.0. The highest BCUT2D eigenvalue weighted by atomic mass is 32.2. The topological polar surface area (TPSA) is 154 Å². The van der Waals surface area contributed by atoms with E-state index < -0.39 is 28.2 Å². The Labute approximate surface area is 239 Å². The average Bonchev–Trinajstić information content (AvgIpc) is 3.29. The summed E-state index contributed by atoms with van der Waals surface area (Å²) < 4.78 is 39.3. The van der Waals surface area contributed by atoms with Crippen molar-refractivity contribution in [2.24, 2.45) is 5.92 Å². The van der Waals surface area contributed by atoms with Crippen molar-refractivity contribution >= 4 is 33.3 Å². The highest BCUT2D eigenvalue weighted by Crippen LogP contribution is 2.32. The van der Waals surface area contributed by atoms with Gasteiger partial charge in [-0.15, -0.1) is 0 Å². The van der Waals surface area contributed by atoms with Crippen LogP contribution in [0.5, 0.6) is 5.75 Å². The number of para-hydroxylation sites is 1. The summed E-state index contributed by atoms with van der Waals surface area (Å²) in [4.78, 5) is 27.8. The summed E-state index contributed by atoms with van der Waals surface area (Å²) in [5.41, 5.74) is 1.40. The number of amides is 3. The SMILES string of the molecule is Cc1noc(C)c1S(=O)(=O)N(C)C[C@H]1Oc2ccc(NC(=O)Nc3ccccc3)cc2C(=O)N([C@H](C)CO)C[C@@H]1C. The number of aromatic nitrogens is 1. The third kappa shape index (κ3) is 6.53. The smallest absolute Gasteiger partial charge is 0.323 e. The fraction of sp³-hybridized carbons (Fsp3) is 0.393. The Morgan fingerprint density at radius 2 is 1.85 bits per heavy atom. The highest BCUT2D eigenvalue weighted by molar-refractivity contribution is 7.89. The lowest BCUT2D eigenvalue weighted by Gasteiger charge is -2.38. The molecule has 0 radical (unpaired) electrons. The highest BCUT2D eigenvalue weighted by Gasteiger charge is 2.36. The van der Waals surface area contributed by atoms with Crippen LogP contribution in [0.4, 0.5) is 16.2 Å². The van der Waals surface area contributed by atoms with E-state index in [0.29, 0.717) is 11.4 Å². The van der Waals surface area contributed by atoms with E-state index in [-0.39, 0.29) is 59.2 Å². The summed E-state index contributed by atoms with van der Waals surface area (Å²) in [6, 6.07) is 12.6. The fourth-order valence-electron chi connectivity index (χ4n) is 4.68. The van der Waals surface area contributed by atoms with E-state index in [4.69, 9.17) is 9.26 Å². The number of likely N-dealkylation sites (N-methyl/N-ethyl adjacent to an activating group) is 1. The summed E-state index contributed by atoms with van der Waals surface area (Å²) in [5.74, 6) is -0.261. The number of hydrogen-bond donors (Lipinski definition) is 3. The van der Waals surface area contributed by atoms with Gasteiger partial charge in [0.2, 0.25) is 10.0 Å². The number of fused-ring (bicyclic) bond motifs is 1. The van der Waals surface area contributed by atoms with Gasteiger partial charge in [0.15, 0.2) is 5.76 Å². The maximum atomic E-state index is 13.7. The Bertz CT molecular complexity index is 1490. The van der Waals surface area contributed by atoms with E-state index in [2.05, 4.69) is 15.8 Å². The van der Waals surface area contributed by atoms with Crippen LogP contribution in [0, 0.1) is 19.8 Å². The molecule has 1 aromatic heterocycles. The number of sulfonamides is 1. The lowest BCUT2D eigenvalue weighted by atomic mass is 9.99. The van der Waals surface area contributed by atoms with Gasteiger partial charge in [-0.3, -0.25) is 4.79 Å². The zero-order valence-electron chi connectivity index (χ0n) is 23.6. The molecule has 3 N–H and O–H groups in total. The third-order valence-corrected chi connectivity index (χ3v) is 9.10. The van der Waals surface area contributed by atoms with Gasteiger partial charge in [-0.2, -0.15) is 4.31 Å². The van der Waals surface area contributed by atoms with Crippen molar-refractivity contribution in [2.45, 2.75) is 44.7 Å². The molecule has 0 saturated heterocycles. The maximum Gasteiger partial charge on any atom is 0.323 e. The monoisotopic (exact) mass is 585 g/mol. The van der Waals surface area contributed by atoms with Crippen LogP contribution >= 0.6 is 0 Å². The Morgan fingerprint density at radius 3 is 2.49 bits per heavy atom. The number of nitrogens with one attached hydrogen (secondary N) is 2. The number of anilines is 2. The summed E-state index contributed by atoms with van der Waals surface area (Å²) in [6.07, 6.45) is -0.657. The molecule has 0 unspecified atom stereocenters. The fourth-order valence-corrected chi connectivity index (χ4v) is 6.15. The Hall–Kier alpha value is -3.94. The van der Waals surface area contributed by atoms with Crippen LogP contribution in [-0.4, -0.2) is 78.7 Å². The molecule has 0 bridgehead atoms. The number of benzene rings is 2. The van der Waals surface area contributed by atoms with Crippen LogP contribution in [-0.2, 0) is 10.0 Å². The van der Waals surface area contributed by atoms with E-state index >= 15 is 0 Å². The number of urea groups is 1. The first-order valence-corrected chi connectivity index (χ1v) is 14.6. The number of rotatable bonds is 8. The minimum Gasteiger partial charge on any atom is -0.488 e. The first-order chi connectivity index (χ1) is 19.4. The van der Waals surface area contributed by atoms with Gasteiger partial charge in [-0.05, 0) is 51.1 Å². The van der Waals surface area contributed by atoms with Crippen LogP contribution in [0.1, 0.15) is 35.7 Å². The predicted molar refractivity (Wildman–Crippen MR) is 152 cm³/mol. The van der Waals surface area contributed by atoms with Crippen molar-refractivity contribution in [3.63, 3.8) is 0 Å². The summed E-state index contributed by atoms with van der Waals surface area (Å²) in [7, 11) is -2.49. The van der Waals surface area contributed by atoms with Crippen LogP contribution < -0.4 is 15.4 Å². The number of hydrogen-bond acceptors (Lipinski definition) is 8. The molecule has 3 amide bonds. The Morgan fingerprint density at radius 1 is 1.17 bits per heavy atom. The van der Waals surface area contributed by atoms with Crippen LogP contribution in [0.2, 0.25) is 0 Å². The maximum absolute atomic E-state index is 13.7. The molecular formula is C28H35N5O7S. The van der Waals surface area contributed by atoms with Crippen molar-refractivity contribution in [3.05, 3.63) is 65.5 Å². The minimum absolute atomic E-state index is 0.00843. The number of ether oxygens (including phenoxy) is 1. The third-order valence-electron chi connectivity index (χ3n) is 7.03. The van der Waals surface area contributed by atoms with E-state index in [1.807, 2.05) is 13.0 Å². The molecule has 3 aromatic rings. The molecule has 0 aliphatic carbocycles. The van der Waals surface area contributed by atoms with Gasteiger partial charge >= 0.3 is 6.03 Å². The molecular weight excluding hydrogens is 550 g/mol. The Kier molecular flexibility index (Phi) is 9.00. The van der Waals surface area contributed by atoms with E-state index in [0.717, 1.165) is 0 Å². The second kappa shape index (κ2) is 12.3. The largest absolute Gasteiger partial charge is 0.488 e. The molecule has 2 heterocycles. The van der Waals surface area contributed by atoms with Gasteiger partial charge in [0, 0.05) is 30.9 Å². The molecule has 4 rings (SSSR count). The number of carbonyl (C=O) groups excluding carboxylic acids is 2. The molecule has 220 valence electrons. The zero-order valence-corrected chi connectivity index (χ0v) is 24.4. The number of carbonyl (C=O) groups is 2. The first-order valence-electron chi connectivity index (χ1n) is 13.2. The average molecular weight is 586 g/mol. The van der Waals surface area contributed by atoms with Crippen LogP contribution in [0.15, 0.2) is 57.9 Å². The van der Waals surface area contributed by atoms with E-state index in [1.165, 1.54) is 29.2 Å². The molecule has 13 heteroatoms. The second-order valence-electron chi connectivity index (χ2n) is 10.2. The molecule has 2 aromatic carbocycles. The Balaban J connectivity index is 1.63. The molecule has 41 heavy (non-hydrogen) atoms. The summed E-state index contributed by atoms with van der Waals surface area (Å²) in [5, 5.41) is 19.1. The van der Waals surface area contributed by atoms with E-state index in [9.17, 15) is 23.1 Å². The standard InChI is InChI=1S/C28H35N5O7S/c1-17-14-33(18(2)16-34)27(35)23-13-22(30-28(36)29-21-9-7-6-8-10-21)11-12-24(23)39-25(17)15-32(5)41(37,38)26-19(3)31-40-20(26)4/h6-13,17-18,25,34H,14-16H2,1-5H3,(H2,29,30,36)/t17-,18+,25+/m0/s1. The molecule has 3 atom stereocenters. The number of aliphatic hydroxyl groups is 1. The van der Waals surface area contributed by atoms with Gasteiger partial charge in [0.25, 0.3) is 5.91 Å². The quantitative estimate of drug-likeness (QED) is 0.363. The van der Waals surface area contributed by atoms with Gasteiger partial charge < -0.3 is 29.9 Å². The van der Waals surface area contributed by atoms with Gasteiger partial charge in [-0.1, -0.05) is 30.3 Å². The van der Waals surface area contributed by atoms with Gasteiger partial charge in [0.05, 0.1) is 24.8 Å². The van der Waals surface area contributed by atoms with Gasteiger partial charge in [-0.25, -0.2) is 13.2 Å². The second-order valence-corrected chi connectivity index (χ2v) is 12.2. The molecule has 1 aliphatic heterocycles. The van der Waals surface area contributed by atoms with Crippen molar-refractivity contribution in [3.8, 4) is 5.75 Å². The van der Waals surface area contributed by atoms with Crippen LogP contribution in [0.3, 0.4) is 0 Å². The van der Waals surface area contributed by atoms with E-state index in [1.54, 1.807) is 50.2 Å². The lowest BCUT2D eigenvalue weighted by molar-refractivity contribution is 0.0387. The molecule has 0 fully saturated rings. The van der Waals surface area contributed by atoms with Crippen molar-refractivity contribution in [1.82, 2.24) is 14.4 Å². The molecule has 1 aliphatic rings. The summed E-state index contributed by atoms with van der Waals surface area (Å²) >= 11 is 0. The van der Waals surface area contributed by atoms with Gasteiger partial charge in [0.1, 0.15) is 22.4 Å². The number of aliphatic hydroxyl groups excluding tert-OH is 1. The molecule has 0 saturated carbocycles. The summed E-state index contributed by atoms with van der Waals surface area (Å²) in [6.45, 7) is 6.60. The van der Waals surface area contributed by atoms with Crippen LogP contribution in [0.25, 0.3) is 0 Å². The number of nitrogens with zero attached hydrogens (tertiary/aromatic N) is 3. The molecule has 0 spiro atoms. The number of aryl methyl sites for hydroxylation is 2. The van der Waals surface area contributed by atoms with Crippen molar-refractivity contribution in [1.29, 1.82) is 0 Å². The molecule has 12 nitrogen and oxygen atoms in total. The zero-order chi connectivity index (χ0) is 29.9. The van der Waals surface area contributed by atoms with Crippen molar-refractivity contribution < 1.29 is 32.4 Å². The predicted octanol–water partition coefficient (Wildman–Crippen LogP) is 3.48. The van der Waals surface area contributed by atoms with Crippen molar-refractivity contribution in [2.75, 3.05) is 37.4 Å².